The van der Waals surface area contributed by atoms with E-state index >= 15 is 0 Å². The molecule has 20 heavy (non-hydrogen) atoms. The number of nitrogen functional groups attached to an aromatic ring is 1. The van der Waals surface area contributed by atoms with Crippen LogP contribution in [-0.2, 0) is 6.18 Å². The van der Waals surface area contributed by atoms with Crippen molar-refractivity contribution in [3.05, 3.63) is 53.3 Å². The molecule has 106 valence electrons. The standard InChI is InChI=1S/C14H12F4N2/c1-8-5-6-9(7-10(8)14(16,17)18)20-12-4-2-3-11(15)13(12)19/h2-7,20H,19H2,1H3. The van der Waals surface area contributed by atoms with Gasteiger partial charge < -0.3 is 11.1 Å². The van der Waals surface area contributed by atoms with Crippen LogP contribution in [0.4, 0.5) is 34.6 Å². The van der Waals surface area contributed by atoms with Crippen molar-refractivity contribution in [3.63, 3.8) is 0 Å². The summed E-state index contributed by atoms with van der Waals surface area (Å²) in [6.45, 7) is 1.38. The van der Waals surface area contributed by atoms with Crippen LogP contribution in [0.1, 0.15) is 11.1 Å². The fourth-order valence-corrected chi connectivity index (χ4v) is 1.81. The molecule has 0 radical (unpaired) electrons. The lowest BCUT2D eigenvalue weighted by atomic mass is 10.1. The summed E-state index contributed by atoms with van der Waals surface area (Å²) >= 11 is 0. The maximum atomic E-state index is 13.3. The Morgan fingerprint density at radius 2 is 1.80 bits per heavy atom. The summed E-state index contributed by atoms with van der Waals surface area (Å²) in [5, 5.41) is 2.69. The Bertz CT molecular complexity index is 636. The predicted molar refractivity (Wildman–Crippen MR) is 70.3 cm³/mol. The largest absolute Gasteiger partial charge is 0.416 e. The highest BCUT2D eigenvalue weighted by Gasteiger charge is 2.32. The van der Waals surface area contributed by atoms with E-state index < -0.39 is 17.6 Å². The summed E-state index contributed by atoms with van der Waals surface area (Å²) in [7, 11) is 0. The summed E-state index contributed by atoms with van der Waals surface area (Å²) in [5.41, 5.74) is 5.19. The van der Waals surface area contributed by atoms with Gasteiger partial charge in [0.15, 0.2) is 0 Å². The SMILES string of the molecule is Cc1ccc(Nc2cccc(F)c2N)cc1C(F)(F)F. The molecule has 0 aromatic heterocycles. The topological polar surface area (TPSA) is 38.0 Å². The maximum Gasteiger partial charge on any atom is 0.416 e. The van der Waals surface area contributed by atoms with Gasteiger partial charge in [0.05, 0.1) is 16.9 Å². The molecule has 2 rings (SSSR count). The molecule has 0 aliphatic heterocycles. The Morgan fingerprint density at radius 3 is 2.45 bits per heavy atom. The molecule has 0 unspecified atom stereocenters. The molecule has 2 aromatic carbocycles. The molecule has 0 spiro atoms. The van der Waals surface area contributed by atoms with Gasteiger partial charge in [0.1, 0.15) is 5.82 Å². The molecular weight excluding hydrogens is 272 g/mol. The molecule has 0 fully saturated rings. The average Bonchev–Trinajstić information content (AvgIpc) is 2.36. The molecule has 0 saturated heterocycles. The quantitative estimate of drug-likeness (QED) is 0.630. The minimum Gasteiger partial charge on any atom is -0.395 e. The van der Waals surface area contributed by atoms with Crippen molar-refractivity contribution in [2.45, 2.75) is 13.1 Å². The van der Waals surface area contributed by atoms with Crippen molar-refractivity contribution in [3.8, 4) is 0 Å². The van der Waals surface area contributed by atoms with Crippen molar-refractivity contribution in [1.29, 1.82) is 0 Å². The summed E-state index contributed by atoms with van der Waals surface area (Å²) < 4.78 is 51.7. The van der Waals surface area contributed by atoms with E-state index in [0.29, 0.717) is 0 Å². The number of anilines is 3. The Hall–Kier alpha value is -2.24. The number of aryl methyl sites for hydroxylation is 1. The zero-order chi connectivity index (χ0) is 14.9. The van der Waals surface area contributed by atoms with Crippen LogP contribution in [0.3, 0.4) is 0 Å². The number of alkyl halides is 3. The van der Waals surface area contributed by atoms with Gasteiger partial charge in [-0.25, -0.2) is 4.39 Å². The summed E-state index contributed by atoms with van der Waals surface area (Å²) in [5.74, 6) is -0.627. The molecule has 0 atom stereocenters. The summed E-state index contributed by atoms with van der Waals surface area (Å²) in [4.78, 5) is 0. The van der Waals surface area contributed by atoms with Gasteiger partial charge >= 0.3 is 6.18 Å². The van der Waals surface area contributed by atoms with E-state index in [4.69, 9.17) is 5.73 Å². The second kappa shape index (κ2) is 5.03. The van der Waals surface area contributed by atoms with Crippen molar-refractivity contribution in [2.24, 2.45) is 0 Å². The number of halogens is 4. The predicted octanol–water partition coefficient (Wildman–Crippen LogP) is 4.48. The Labute approximate surface area is 113 Å². The number of para-hydroxylation sites is 1. The second-order valence-electron chi connectivity index (χ2n) is 4.35. The van der Waals surface area contributed by atoms with Gasteiger partial charge in [-0.05, 0) is 36.8 Å². The van der Waals surface area contributed by atoms with Crippen LogP contribution < -0.4 is 11.1 Å². The van der Waals surface area contributed by atoms with E-state index in [9.17, 15) is 17.6 Å². The van der Waals surface area contributed by atoms with E-state index in [-0.39, 0.29) is 22.6 Å². The minimum absolute atomic E-state index is 0.121. The number of nitrogens with one attached hydrogen (secondary N) is 1. The highest BCUT2D eigenvalue weighted by atomic mass is 19.4. The van der Waals surface area contributed by atoms with Crippen LogP contribution in [0.2, 0.25) is 0 Å². The summed E-state index contributed by atoms with van der Waals surface area (Å²) in [6, 6.07) is 7.89. The van der Waals surface area contributed by atoms with Gasteiger partial charge in [-0.15, -0.1) is 0 Å². The average molecular weight is 284 g/mol. The first-order chi connectivity index (χ1) is 9.29. The van der Waals surface area contributed by atoms with Crippen molar-refractivity contribution in [2.75, 3.05) is 11.1 Å². The minimum atomic E-state index is -4.44. The van der Waals surface area contributed by atoms with E-state index in [1.165, 1.54) is 37.3 Å². The highest BCUT2D eigenvalue weighted by molar-refractivity contribution is 5.73. The molecule has 0 heterocycles. The molecule has 2 aromatic rings. The second-order valence-corrected chi connectivity index (χ2v) is 4.35. The van der Waals surface area contributed by atoms with Crippen LogP contribution in [-0.4, -0.2) is 0 Å². The van der Waals surface area contributed by atoms with E-state index in [1.54, 1.807) is 0 Å². The lowest BCUT2D eigenvalue weighted by molar-refractivity contribution is -0.138. The Kier molecular flexibility index (Phi) is 3.57. The molecule has 6 heteroatoms. The molecule has 0 saturated carbocycles. The first-order valence-corrected chi connectivity index (χ1v) is 5.78. The number of nitrogens with two attached hydrogens (primary N) is 1. The van der Waals surface area contributed by atoms with Gasteiger partial charge in [-0.2, -0.15) is 13.2 Å². The monoisotopic (exact) mass is 284 g/mol. The van der Waals surface area contributed by atoms with Crippen LogP contribution in [0.5, 0.6) is 0 Å². The van der Waals surface area contributed by atoms with Gasteiger partial charge in [0.25, 0.3) is 0 Å². The van der Waals surface area contributed by atoms with Crippen molar-refractivity contribution >= 4 is 17.1 Å². The third kappa shape index (κ3) is 2.84. The number of hydrogen-bond donors (Lipinski definition) is 2. The van der Waals surface area contributed by atoms with Crippen LogP contribution in [0, 0.1) is 12.7 Å². The normalized spacial score (nSPS) is 11.4. The van der Waals surface area contributed by atoms with Crippen LogP contribution >= 0.6 is 0 Å². The first kappa shape index (κ1) is 14.2. The van der Waals surface area contributed by atoms with E-state index in [0.717, 1.165) is 6.07 Å². The number of hydrogen-bond acceptors (Lipinski definition) is 2. The lowest BCUT2D eigenvalue weighted by Gasteiger charge is -2.14. The van der Waals surface area contributed by atoms with Gasteiger partial charge in [-0.1, -0.05) is 12.1 Å². The zero-order valence-corrected chi connectivity index (χ0v) is 10.6. The molecule has 3 N–H and O–H groups in total. The van der Waals surface area contributed by atoms with Gasteiger partial charge in [0.2, 0.25) is 0 Å². The zero-order valence-electron chi connectivity index (χ0n) is 10.6. The highest BCUT2D eigenvalue weighted by Crippen LogP contribution is 2.34. The molecule has 2 nitrogen and oxygen atoms in total. The van der Waals surface area contributed by atoms with E-state index in [1.807, 2.05) is 0 Å². The fourth-order valence-electron chi connectivity index (χ4n) is 1.81. The number of rotatable bonds is 2. The third-order valence-corrected chi connectivity index (χ3v) is 2.87. The molecular formula is C14H12F4N2. The van der Waals surface area contributed by atoms with Gasteiger partial charge in [-0.3, -0.25) is 0 Å². The summed E-state index contributed by atoms with van der Waals surface area (Å²) in [6.07, 6.45) is -4.44. The van der Waals surface area contributed by atoms with E-state index in [2.05, 4.69) is 5.32 Å². The smallest absolute Gasteiger partial charge is 0.395 e. The lowest BCUT2D eigenvalue weighted by Crippen LogP contribution is -2.08. The van der Waals surface area contributed by atoms with Crippen molar-refractivity contribution in [1.82, 2.24) is 0 Å². The van der Waals surface area contributed by atoms with Crippen LogP contribution in [0.25, 0.3) is 0 Å². The van der Waals surface area contributed by atoms with Gasteiger partial charge in [0, 0.05) is 5.69 Å². The molecule has 0 amide bonds. The Morgan fingerprint density at radius 1 is 1.10 bits per heavy atom. The number of benzene rings is 2. The fraction of sp³-hybridized carbons (Fsp3) is 0.143. The van der Waals surface area contributed by atoms with Crippen LogP contribution in [0.15, 0.2) is 36.4 Å². The maximum absolute atomic E-state index is 13.3. The molecule has 0 aliphatic carbocycles. The molecule has 0 aliphatic rings. The third-order valence-electron chi connectivity index (χ3n) is 2.87. The van der Waals surface area contributed by atoms with Crippen molar-refractivity contribution < 1.29 is 17.6 Å². The Balaban J connectivity index is 2.38. The first-order valence-electron chi connectivity index (χ1n) is 5.78. The molecule has 0 bridgehead atoms.